The van der Waals surface area contributed by atoms with Crippen molar-refractivity contribution in [3.63, 3.8) is 0 Å². The molecule has 0 aliphatic carbocycles. The minimum absolute atomic E-state index is 0.219. The number of nitrogens with one attached hydrogen (secondary N) is 1. The Bertz CT molecular complexity index is 763. The van der Waals surface area contributed by atoms with Crippen molar-refractivity contribution < 1.29 is 9.18 Å². The molecule has 2 aromatic rings. The van der Waals surface area contributed by atoms with E-state index < -0.39 is 0 Å². The molecule has 0 aromatic heterocycles. The first-order valence-corrected chi connectivity index (χ1v) is 9.84. The molecule has 1 unspecified atom stereocenters. The first-order valence-electron chi connectivity index (χ1n) is 9.04. The van der Waals surface area contributed by atoms with Gasteiger partial charge in [-0.25, -0.2) is 4.39 Å². The van der Waals surface area contributed by atoms with E-state index in [1.165, 1.54) is 49.7 Å². The van der Waals surface area contributed by atoms with Gasteiger partial charge in [-0.05, 0) is 70.6 Å². The summed E-state index contributed by atoms with van der Waals surface area (Å²) in [5, 5.41) is 2.88. The molecule has 1 amide bonds. The second-order valence-corrected chi connectivity index (χ2v) is 7.96. The highest BCUT2D eigenvalue weighted by Gasteiger charge is 2.16. The average molecular weight is 419 g/mol. The standard InChI is InChI=1S/C21H24BrFN2O/c1-15-3-2-10-25(13-15)14-17-6-4-16(5-7-17)12-24-21(26)19-9-8-18(23)11-20(19)22/h4-9,11,15H,2-3,10,12-14H2,1H3,(H,24,26). The van der Waals surface area contributed by atoms with Crippen molar-refractivity contribution in [3.05, 3.63) is 69.4 Å². The van der Waals surface area contributed by atoms with Crippen LogP contribution in [0.15, 0.2) is 46.9 Å². The Morgan fingerprint density at radius 3 is 2.65 bits per heavy atom. The molecule has 3 nitrogen and oxygen atoms in total. The Morgan fingerprint density at radius 2 is 1.96 bits per heavy atom. The van der Waals surface area contributed by atoms with Crippen LogP contribution >= 0.6 is 15.9 Å². The smallest absolute Gasteiger partial charge is 0.252 e. The van der Waals surface area contributed by atoms with Crippen LogP contribution in [0.4, 0.5) is 4.39 Å². The van der Waals surface area contributed by atoms with Gasteiger partial charge in [0.1, 0.15) is 5.82 Å². The lowest BCUT2D eigenvalue weighted by Crippen LogP contribution is -2.33. The molecule has 0 saturated carbocycles. The van der Waals surface area contributed by atoms with E-state index in [0.29, 0.717) is 16.6 Å². The topological polar surface area (TPSA) is 32.3 Å². The normalized spacial score (nSPS) is 17.9. The second kappa shape index (κ2) is 8.78. The van der Waals surface area contributed by atoms with Crippen molar-refractivity contribution in [2.24, 2.45) is 5.92 Å². The number of rotatable bonds is 5. The molecule has 0 spiro atoms. The number of nitrogens with zero attached hydrogens (tertiary/aromatic N) is 1. The zero-order valence-electron chi connectivity index (χ0n) is 15.0. The molecule has 1 saturated heterocycles. The zero-order chi connectivity index (χ0) is 18.5. The van der Waals surface area contributed by atoms with E-state index >= 15 is 0 Å². The molecule has 1 fully saturated rings. The molecule has 1 aliphatic heterocycles. The maximum atomic E-state index is 13.1. The summed E-state index contributed by atoms with van der Waals surface area (Å²) in [4.78, 5) is 14.8. The van der Waals surface area contributed by atoms with Crippen molar-refractivity contribution in [1.29, 1.82) is 0 Å². The molecule has 1 N–H and O–H groups in total. The molecule has 26 heavy (non-hydrogen) atoms. The molecule has 3 rings (SSSR count). The van der Waals surface area contributed by atoms with E-state index in [2.05, 4.69) is 57.3 Å². The second-order valence-electron chi connectivity index (χ2n) is 7.11. The number of likely N-dealkylation sites (tertiary alicyclic amines) is 1. The van der Waals surface area contributed by atoms with E-state index in [9.17, 15) is 9.18 Å². The van der Waals surface area contributed by atoms with Crippen LogP contribution in [-0.4, -0.2) is 23.9 Å². The van der Waals surface area contributed by atoms with Crippen molar-refractivity contribution >= 4 is 21.8 Å². The van der Waals surface area contributed by atoms with Crippen LogP contribution in [0.25, 0.3) is 0 Å². The lowest BCUT2D eigenvalue weighted by molar-refractivity contribution is 0.0950. The number of halogens is 2. The van der Waals surface area contributed by atoms with Crippen LogP contribution < -0.4 is 5.32 Å². The maximum Gasteiger partial charge on any atom is 0.252 e. The van der Waals surface area contributed by atoms with Crippen LogP contribution in [0, 0.1) is 11.7 Å². The van der Waals surface area contributed by atoms with Crippen LogP contribution in [0.3, 0.4) is 0 Å². The highest BCUT2D eigenvalue weighted by Crippen LogP contribution is 2.19. The van der Waals surface area contributed by atoms with Gasteiger partial charge in [-0.15, -0.1) is 0 Å². The molecule has 2 aromatic carbocycles. The zero-order valence-corrected chi connectivity index (χ0v) is 16.6. The highest BCUT2D eigenvalue weighted by atomic mass is 79.9. The van der Waals surface area contributed by atoms with Gasteiger partial charge in [0.25, 0.3) is 5.91 Å². The molecule has 0 bridgehead atoms. The van der Waals surface area contributed by atoms with Crippen LogP contribution in [0.5, 0.6) is 0 Å². The third kappa shape index (κ3) is 5.15. The van der Waals surface area contributed by atoms with Gasteiger partial charge >= 0.3 is 0 Å². The predicted molar refractivity (Wildman–Crippen MR) is 105 cm³/mol. The van der Waals surface area contributed by atoms with Gasteiger partial charge in [0.2, 0.25) is 0 Å². The summed E-state index contributed by atoms with van der Waals surface area (Å²) in [5.74, 6) is 0.194. The molecule has 1 heterocycles. The van der Waals surface area contributed by atoms with Crippen molar-refractivity contribution in [3.8, 4) is 0 Å². The summed E-state index contributed by atoms with van der Waals surface area (Å²) in [7, 11) is 0. The fourth-order valence-corrected chi connectivity index (χ4v) is 3.93. The molecular weight excluding hydrogens is 395 g/mol. The largest absolute Gasteiger partial charge is 0.348 e. The van der Waals surface area contributed by atoms with E-state index in [1.807, 2.05) is 0 Å². The summed E-state index contributed by atoms with van der Waals surface area (Å²) in [6.45, 7) is 6.10. The minimum Gasteiger partial charge on any atom is -0.348 e. The molecule has 0 radical (unpaired) electrons. The number of hydrogen-bond acceptors (Lipinski definition) is 2. The SMILES string of the molecule is CC1CCCN(Cc2ccc(CNC(=O)c3ccc(F)cc3Br)cc2)C1. The number of piperidine rings is 1. The van der Waals surface area contributed by atoms with Gasteiger partial charge < -0.3 is 5.32 Å². The Balaban J connectivity index is 1.53. The van der Waals surface area contributed by atoms with Crippen molar-refractivity contribution in [2.75, 3.05) is 13.1 Å². The average Bonchev–Trinajstić information content (AvgIpc) is 2.61. The van der Waals surface area contributed by atoms with Crippen molar-refractivity contribution in [1.82, 2.24) is 10.2 Å². The Kier molecular flexibility index (Phi) is 6.43. The predicted octanol–water partition coefficient (Wildman–Crippen LogP) is 4.75. The quantitative estimate of drug-likeness (QED) is 0.759. The minimum atomic E-state index is -0.368. The van der Waals surface area contributed by atoms with E-state index in [4.69, 9.17) is 0 Å². The molecule has 1 atom stereocenters. The summed E-state index contributed by atoms with van der Waals surface area (Å²) >= 11 is 3.23. The van der Waals surface area contributed by atoms with Crippen molar-refractivity contribution in [2.45, 2.75) is 32.9 Å². The Hall–Kier alpha value is -1.72. The molecule has 138 valence electrons. The third-order valence-electron chi connectivity index (χ3n) is 4.80. The van der Waals surface area contributed by atoms with Crippen LogP contribution in [-0.2, 0) is 13.1 Å². The summed E-state index contributed by atoms with van der Waals surface area (Å²) in [6.07, 6.45) is 2.61. The van der Waals surface area contributed by atoms with Gasteiger partial charge in [0.05, 0.1) is 5.56 Å². The Labute approximate surface area is 162 Å². The molecule has 1 aliphatic rings. The fraction of sp³-hybridized carbons (Fsp3) is 0.381. The number of amides is 1. The van der Waals surface area contributed by atoms with Gasteiger partial charge in [0.15, 0.2) is 0 Å². The van der Waals surface area contributed by atoms with E-state index in [-0.39, 0.29) is 11.7 Å². The van der Waals surface area contributed by atoms with Crippen LogP contribution in [0.2, 0.25) is 0 Å². The summed E-state index contributed by atoms with van der Waals surface area (Å²) in [5.41, 5.74) is 2.78. The highest BCUT2D eigenvalue weighted by molar-refractivity contribution is 9.10. The van der Waals surface area contributed by atoms with Gasteiger partial charge in [-0.3, -0.25) is 9.69 Å². The first-order chi connectivity index (χ1) is 12.5. The van der Waals surface area contributed by atoms with Gasteiger partial charge in [0, 0.05) is 24.1 Å². The van der Waals surface area contributed by atoms with E-state index in [1.54, 1.807) is 0 Å². The number of hydrogen-bond donors (Lipinski definition) is 1. The van der Waals surface area contributed by atoms with Gasteiger partial charge in [-0.2, -0.15) is 0 Å². The Morgan fingerprint density at radius 1 is 1.23 bits per heavy atom. The fourth-order valence-electron chi connectivity index (χ4n) is 3.40. The number of carbonyl (C=O) groups excluding carboxylic acids is 1. The summed E-state index contributed by atoms with van der Waals surface area (Å²) < 4.78 is 13.6. The summed E-state index contributed by atoms with van der Waals surface area (Å²) in [6, 6.07) is 12.5. The number of benzene rings is 2. The first kappa shape index (κ1) is 19.1. The molecule has 5 heteroatoms. The molecular formula is C21H24BrFN2O. The monoisotopic (exact) mass is 418 g/mol. The third-order valence-corrected chi connectivity index (χ3v) is 5.46. The van der Waals surface area contributed by atoms with E-state index in [0.717, 1.165) is 18.0 Å². The lowest BCUT2D eigenvalue weighted by atomic mass is 9.99. The maximum absolute atomic E-state index is 13.1. The van der Waals surface area contributed by atoms with Crippen LogP contribution in [0.1, 0.15) is 41.3 Å². The number of carbonyl (C=O) groups is 1. The van der Waals surface area contributed by atoms with Gasteiger partial charge in [-0.1, -0.05) is 31.2 Å². The lowest BCUT2D eigenvalue weighted by Gasteiger charge is -2.30.